The van der Waals surface area contributed by atoms with Crippen LogP contribution in [0.4, 0.5) is 5.69 Å². The number of likely N-dealkylation sites (tertiary alicyclic amines) is 1. The summed E-state index contributed by atoms with van der Waals surface area (Å²) in [6.07, 6.45) is 3.68. The Balaban J connectivity index is 1.53. The van der Waals surface area contributed by atoms with Crippen LogP contribution in [-0.4, -0.2) is 38.9 Å². The Morgan fingerprint density at radius 1 is 0.861 bits per heavy atom. The molecule has 9 heteroatoms. The minimum Gasteiger partial charge on any atom is -0.350 e. The van der Waals surface area contributed by atoms with Crippen LogP contribution < -0.4 is 9.62 Å². The van der Waals surface area contributed by atoms with Crippen molar-refractivity contribution in [2.45, 2.75) is 37.2 Å². The molecule has 1 N–H and O–H groups in total. The Bertz CT molecular complexity index is 1300. The predicted octanol–water partition coefficient (Wildman–Crippen LogP) is 5.49. The van der Waals surface area contributed by atoms with Crippen molar-refractivity contribution >= 4 is 44.8 Å². The molecular weight excluding hydrogens is 517 g/mol. The standard InChI is InChI=1S/C27H29Cl2N3O3S/c28-24-14-9-15-25(27(24)29)32(36(34,35)23-12-3-1-4-13-23)20-26(33)30-18-21-10-5-6-11-22(21)19-31-16-7-2-8-17-31/h1,3-6,9-15H,2,7-8,16-20H2,(H,30,33). The highest BCUT2D eigenvalue weighted by Gasteiger charge is 2.29. The number of amides is 1. The predicted molar refractivity (Wildman–Crippen MR) is 145 cm³/mol. The smallest absolute Gasteiger partial charge is 0.264 e. The van der Waals surface area contributed by atoms with Gasteiger partial charge in [0, 0.05) is 13.1 Å². The van der Waals surface area contributed by atoms with E-state index in [1.807, 2.05) is 18.2 Å². The van der Waals surface area contributed by atoms with Gasteiger partial charge in [-0.3, -0.25) is 14.0 Å². The Morgan fingerprint density at radius 2 is 1.53 bits per heavy atom. The number of sulfonamides is 1. The van der Waals surface area contributed by atoms with Gasteiger partial charge in [-0.1, -0.05) is 78.2 Å². The molecule has 1 heterocycles. The van der Waals surface area contributed by atoms with Crippen LogP contribution in [0.25, 0.3) is 0 Å². The van der Waals surface area contributed by atoms with Gasteiger partial charge in [0.2, 0.25) is 5.91 Å². The molecule has 1 saturated heterocycles. The van der Waals surface area contributed by atoms with E-state index in [-0.39, 0.29) is 20.6 Å². The molecule has 0 saturated carbocycles. The van der Waals surface area contributed by atoms with Crippen LogP contribution in [0, 0.1) is 0 Å². The maximum absolute atomic E-state index is 13.5. The van der Waals surface area contributed by atoms with Crippen molar-refractivity contribution in [2.24, 2.45) is 0 Å². The zero-order valence-corrected chi connectivity index (χ0v) is 22.2. The third-order valence-corrected chi connectivity index (χ3v) is 8.84. The lowest BCUT2D eigenvalue weighted by atomic mass is 10.0. The van der Waals surface area contributed by atoms with Crippen LogP contribution in [0.1, 0.15) is 30.4 Å². The van der Waals surface area contributed by atoms with E-state index in [0.717, 1.165) is 35.1 Å². The summed E-state index contributed by atoms with van der Waals surface area (Å²) < 4.78 is 28.0. The van der Waals surface area contributed by atoms with E-state index in [1.54, 1.807) is 30.3 Å². The van der Waals surface area contributed by atoms with Crippen molar-refractivity contribution in [3.05, 3.63) is 94.0 Å². The van der Waals surface area contributed by atoms with Gasteiger partial charge >= 0.3 is 0 Å². The average Bonchev–Trinajstić information content (AvgIpc) is 2.89. The molecule has 1 amide bonds. The van der Waals surface area contributed by atoms with E-state index in [0.29, 0.717) is 6.54 Å². The normalized spacial score (nSPS) is 14.4. The number of piperidine rings is 1. The van der Waals surface area contributed by atoms with Crippen molar-refractivity contribution in [1.29, 1.82) is 0 Å². The molecule has 0 aliphatic carbocycles. The monoisotopic (exact) mass is 545 g/mol. The van der Waals surface area contributed by atoms with Crippen LogP contribution in [-0.2, 0) is 27.9 Å². The highest BCUT2D eigenvalue weighted by molar-refractivity contribution is 7.92. The highest BCUT2D eigenvalue weighted by Crippen LogP contribution is 2.35. The van der Waals surface area contributed by atoms with Crippen molar-refractivity contribution < 1.29 is 13.2 Å². The molecule has 190 valence electrons. The zero-order valence-electron chi connectivity index (χ0n) is 19.9. The van der Waals surface area contributed by atoms with Gasteiger partial charge in [0.15, 0.2) is 0 Å². The SMILES string of the molecule is O=C(CN(c1cccc(Cl)c1Cl)S(=O)(=O)c1ccccc1)NCc1ccccc1CN1CCCCC1. The Hall–Kier alpha value is -2.58. The van der Waals surface area contributed by atoms with Crippen molar-refractivity contribution in [3.8, 4) is 0 Å². The van der Waals surface area contributed by atoms with Gasteiger partial charge in [-0.2, -0.15) is 0 Å². The summed E-state index contributed by atoms with van der Waals surface area (Å²) in [5, 5.41) is 3.17. The minimum absolute atomic E-state index is 0.0562. The van der Waals surface area contributed by atoms with Crippen molar-refractivity contribution in [3.63, 3.8) is 0 Å². The van der Waals surface area contributed by atoms with E-state index >= 15 is 0 Å². The quantitative estimate of drug-likeness (QED) is 0.386. The molecule has 1 aliphatic heterocycles. The maximum Gasteiger partial charge on any atom is 0.264 e. The molecular formula is C27H29Cl2N3O3S. The molecule has 4 rings (SSSR count). The van der Waals surface area contributed by atoms with E-state index in [9.17, 15) is 13.2 Å². The highest BCUT2D eigenvalue weighted by atomic mass is 35.5. The van der Waals surface area contributed by atoms with E-state index in [2.05, 4.69) is 16.3 Å². The first-order valence-corrected chi connectivity index (χ1v) is 14.1. The second-order valence-corrected chi connectivity index (χ2v) is 11.4. The Labute approximate surface area is 222 Å². The third-order valence-electron chi connectivity index (χ3n) is 6.26. The maximum atomic E-state index is 13.5. The summed E-state index contributed by atoms with van der Waals surface area (Å²) in [5.41, 5.74) is 2.31. The number of halogens is 2. The second-order valence-electron chi connectivity index (χ2n) is 8.78. The fourth-order valence-electron chi connectivity index (χ4n) is 4.33. The summed E-state index contributed by atoms with van der Waals surface area (Å²) >= 11 is 12.5. The number of anilines is 1. The number of carbonyl (C=O) groups is 1. The molecule has 1 aliphatic rings. The molecule has 1 fully saturated rings. The number of nitrogens with zero attached hydrogens (tertiary/aromatic N) is 2. The van der Waals surface area contributed by atoms with Crippen molar-refractivity contribution in [2.75, 3.05) is 23.9 Å². The van der Waals surface area contributed by atoms with Crippen LogP contribution in [0.5, 0.6) is 0 Å². The van der Waals surface area contributed by atoms with Gasteiger partial charge in [0.25, 0.3) is 10.0 Å². The van der Waals surface area contributed by atoms with Gasteiger partial charge in [0.05, 0.1) is 20.6 Å². The van der Waals surface area contributed by atoms with Gasteiger partial charge in [-0.25, -0.2) is 8.42 Å². The van der Waals surface area contributed by atoms with Gasteiger partial charge < -0.3 is 5.32 Å². The molecule has 0 aromatic heterocycles. The number of nitrogens with one attached hydrogen (secondary N) is 1. The lowest BCUT2D eigenvalue weighted by Crippen LogP contribution is -2.41. The fourth-order valence-corrected chi connectivity index (χ4v) is 6.23. The number of hydrogen-bond donors (Lipinski definition) is 1. The largest absolute Gasteiger partial charge is 0.350 e. The summed E-state index contributed by atoms with van der Waals surface area (Å²) in [5.74, 6) is -0.446. The third kappa shape index (κ3) is 6.40. The first kappa shape index (κ1) is 26.5. The molecule has 0 atom stereocenters. The van der Waals surface area contributed by atoms with Crippen LogP contribution in [0.2, 0.25) is 10.0 Å². The fraction of sp³-hybridized carbons (Fsp3) is 0.296. The van der Waals surface area contributed by atoms with E-state index in [4.69, 9.17) is 23.2 Å². The Kier molecular flexibility index (Phi) is 8.90. The average molecular weight is 547 g/mol. The lowest BCUT2D eigenvalue weighted by Gasteiger charge is -2.27. The summed E-state index contributed by atoms with van der Waals surface area (Å²) in [6.45, 7) is 2.84. The lowest BCUT2D eigenvalue weighted by molar-refractivity contribution is -0.119. The van der Waals surface area contributed by atoms with Crippen LogP contribution >= 0.6 is 23.2 Å². The summed E-state index contributed by atoms with van der Waals surface area (Å²) in [7, 11) is -4.08. The molecule has 0 radical (unpaired) electrons. The van der Waals surface area contributed by atoms with E-state index in [1.165, 1.54) is 37.5 Å². The Morgan fingerprint density at radius 3 is 2.25 bits per heavy atom. The summed E-state index contributed by atoms with van der Waals surface area (Å²) in [6, 6.07) is 20.7. The van der Waals surface area contributed by atoms with Gasteiger partial charge in [-0.05, 0) is 61.3 Å². The molecule has 36 heavy (non-hydrogen) atoms. The number of hydrogen-bond acceptors (Lipinski definition) is 4. The molecule has 0 spiro atoms. The summed E-state index contributed by atoms with van der Waals surface area (Å²) in [4.78, 5) is 15.6. The van der Waals surface area contributed by atoms with Gasteiger partial charge in [-0.15, -0.1) is 0 Å². The van der Waals surface area contributed by atoms with Crippen LogP contribution in [0.3, 0.4) is 0 Å². The first-order chi connectivity index (χ1) is 17.4. The second kappa shape index (κ2) is 12.1. The minimum atomic E-state index is -4.08. The molecule has 0 unspecified atom stereocenters. The van der Waals surface area contributed by atoms with E-state index < -0.39 is 22.5 Å². The first-order valence-electron chi connectivity index (χ1n) is 11.9. The molecule has 6 nitrogen and oxygen atoms in total. The van der Waals surface area contributed by atoms with Crippen LogP contribution in [0.15, 0.2) is 77.7 Å². The van der Waals surface area contributed by atoms with Gasteiger partial charge in [0.1, 0.15) is 6.54 Å². The number of carbonyl (C=O) groups excluding carboxylic acids is 1. The number of rotatable bonds is 9. The zero-order chi connectivity index (χ0) is 25.5. The molecule has 0 bridgehead atoms. The topological polar surface area (TPSA) is 69.7 Å². The molecule has 3 aromatic carbocycles. The van der Waals surface area contributed by atoms with Crippen molar-refractivity contribution in [1.82, 2.24) is 10.2 Å². The number of benzene rings is 3. The molecule has 3 aromatic rings.